The summed E-state index contributed by atoms with van der Waals surface area (Å²) in [5.41, 5.74) is 9.32. The van der Waals surface area contributed by atoms with Crippen LogP contribution < -0.4 is 5.73 Å². The molecule has 5 unspecified atom stereocenters. The monoisotopic (exact) mass is 476 g/mol. The van der Waals surface area contributed by atoms with Gasteiger partial charge < -0.3 is 20.4 Å². The Morgan fingerprint density at radius 3 is 2.74 bits per heavy atom. The van der Waals surface area contributed by atoms with Crippen LogP contribution in [0.15, 0.2) is 18.2 Å². The molecule has 9 nitrogen and oxygen atoms in total. The van der Waals surface area contributed by atoms with Gasteiger partial charge in [-0.1, -0.05) is 6.07 Å². The molecular formula is C26H32N6O3. The van der Waals surface area contributed by atoms with Gasteiger partial charge in [-0.3, -0.25) is 19.3 Å². The Morgan fingerprint density at radius 1 is 1.23 bits per heavy atom. The van der Waals surface area contributed by atoms with E-state index in [-0.39, 0.29) is 47.9 Å². The smallest absolute Gasteiger partial charge is 0.253 e. The number of hydrogen-bond acceptors (Lipinski definition) is 6. The van der Waals surface area contributed by atoms with Gasteiger partial charge >= 0.3 is 0 Å². The molecule has 2 bridgehead atoms. The van der Waals surface area contributed by atoms with Crippen molar-refractivity contribution in [3.8, 4) is 6.07 Å². The van der Waals surface area contributed by atoms with E-state index in [0.29, 0.717) is 24.6 Å². The fourth-order valence-electron chi connectivity index (χ4n) is 6.99. The predicted molar refractivity (Wildman–Crippen MR) is 127 cm³/mol. The summed E-state index contributed by atoms with van der Waals surface area (Å²) in [7, 11) is 3.50. The molecule has 184 valence electrons. The van der Waals surface area contributed by atoms with E-state index < -0.39 is 6.04 Å². The predicted octanol–water partition coefficient (Wildman–Crippen LogP) is 0.501. The van der Waals surface area contributed by atoms with E-state index in [1.807, 2.05) is 18.2 Å². The number of nitrogens with two attached hydrogens (primary N) is 1. The summed E-state index contributed by atoms with van der Waals surface area (Å²) in [5, 5.41) is 9.42. The molecule has 2 aliphatic carbocycles. The normalized spacial score (nSPS) is 33.5. The zero-order valence-electron chi connectivity index (χ0n) is 20.3. The average molecular weight is 477 g/mol. The van der Waals surface area contributed by atoms with Crippen LogP contribution in [0.4, 0.5) is 0 Å². The van der Waals surface area contributed by atoms with Crippen molar-refractivity contribution in [2.24, 2.45) is 11.7 Å². The van der Waals surface area contributed by atoms with Gasteiger partial charge in [0.2, 0.25) is 11.8 Å². The molecule has 7 atom stereocenters. The summed E-state index contributed by atoms with van der Waals surface area (Å²) in [4.78, 5) is 46.3. The van der Waals surface area contributed by atoms with Crippen molar-refractivity contribution in [2.75, 3.05) is 27.2 Å². The minimum absolute atomic E-state index is 0.0127. The first-order valence-electron chi connectivity index (χ1n) is 12.7. The molecule has 6 rings (SSSR count). The maximum atomic E-state index is 13.4. The first-order chi connectivity index (χ1) is 16.8. The molecule has 3 amide bonds. The molecule has 9 heteroatoms. The highest BCUT2D eigenvalue weighted by Crippen LogP contribution is 2.48. The Morgan fingerprint density at radius 2 is 2.03 bits per heavy atom. The molecule has 1 saturated carbocycles. The van der Waals surface area contributed by atoms with E-state index in [0.717, 1.165) is 43.2 Å². The zero-order valence-corrected chi connectivity index (χ0v) is 20.3. The Kier molecular flexibility index (Phi) is 5.17. The summed E-state index contributed by atoms with van der Waals surface area (Å²) in [6, 6.07) is 7.13. The summed E-state index contributed by atoms with van der Waals surface area (Å²) in [5.74, 6) is 0.411. The summed E-state index contributed by atoms with van der Waals surface area (Å²) >= 11 is 0. The van der Waals surface area contributed by atoms with Crippen molar-refractivity contribution in [2.45, 2.75) is 68.4 Å². The van der Waals surface area contributed by atoms with Gasteiger partial charge in [-0.15, -0.1) is 0 Å². The number of amides is 3. The van der Waals surface area contributed by atoms with Gasteiger partial charge in [0.25, 0.3) is 5.91 Å². The molecular weight excluding hydrogens is 444 g/mol. The van der Waals surface area contributed by atoms with Crippen molar-refractivity contribution in [1.29, 1.82) is 5.26 Å². The highest BCUT2D eigenvalue weighted by atomic mass is 16.2. The molecule has 35 heavy (non-hydrogen) atoms. The van der Waals surface area contributed by atoms with Crippen molar-refractivity contribution < 1.29 is 14.4 Å². The third kappa shape index (κ3) is 3.46. The first kappa shape index (κ1) is 22.5. The van der Waals surface area contributed by atoms with Gasteiger partial charge in [0, 0.05) is 44.8 Å². The highest BCUT2D eigenvalue weighted by molar-refractivity contribution is 5.94. The van der Waals surface area contributed by atoms with Crippen molar-refractivity contribution in [1.82, 2.24) is 19.6 Å². The zero-order chi connectivity index (χ0) is 24.6. The lowest BCUT2D eigenvalue weighted by Crippen LogP contribution is -2.57. The Bertz CT molecular complexity index is 1140. The Labute approximate surface area is 205 Å². The number of piperazine rings is 1. The topological polar surface area (TPSA) is 114 Å². The molecule has 2 N–H and O–H groups in total. The number of nitrogens with zero attached hydrogens (tertiary/aromatic N) is 5. The first-order valence-corrected chi connectivity index (χ1v) is 12.7. The van der Waals surface area contributed by atoms with Gasteiger partial charge in [0.1, 0.15) is 6.04 Å². The lowest BCUT2D eigenvalue weighted by molar-refractivity contribution is -0.141. The fourth-order valence-corrected chi connectivity index (χ4v) is 6.99. The second-order valence-electron chi connectivity index (χ2n) is 11.1. The number of likely N-dealkylation sites (tertiary alicyclic amines) is 3. The molecule has 3 heterocycles. The van der Waals surface area contributed by atoms with Crippen LogP contribution >= 0.6 is 0 Å². The van der Waals surface area contributed by atoms with Gasteiger partial charge in [-0.05, 0) is 61.3 Å². The van der Waals surface area contributed by atoms with Crippen molar-refractivity contribution in [3.63, 3.8) is 0 Å². The van der Waals surface area contributed by atoms with E-state index in [1.54, 1.807) is 23.9 Å². The number of carbonyl (C=O) groups excluding carboxylic acids is 3. The van der Waals surface area contributed by atoms with Crippen LogP contribution in [0.1, 0.15) is 53.2 Å². The lowest BCUT2D eigenvalue weighted by atomic mass is 10.0. The minimum atomic E-state index is -0.717. The number of nitriles is 1. The average Bonchev–Trinajstić information content (AvgIpc) is 3.18. The molecule has 0 aromatic heterocycles. The minimum Gasteiger partial charge on any atom is -0.345 e. The molecule has 0 radical (unpaired) electrons. The van der Waals surface area contributed by atoms with Gasteiger partial charge in [0.05, 0.1) is 24.2 Å². The van der Waals surface area contributed by atoms with Gasteiger partial charge in [-0.2, -0.15) is 5.26 Å². The molecule has 3 saturated heterocycles. The number of fused-ring (bicyclic) bond motifs is 4. The van der Waals surface area contributed by atoms with Crippen LogP contribution in [0.2, 0.25) is 0 Å². The number of benzene rings is 1. The Hall–Kier alpha value is -2.96. The van der Waals surface area contributed by atoms with E-state index >= 15 is 0 Å². The maximum absolute atomic E-state index is 13.4. The van der Waals surface area contributed by atoms with E-state index in [9.17, 15) is 19.6 Å². The van der Waals surface area contributed by atoms with Crippen LogP contribution in [0.5, 0.6) is 0 Å². The molecule has 1 aromatic rings. The van der Waals surface area contributed by atoms with Crippen LogP contribution in [0, 0.1) is 17.2 Å². The van der Waals surface area contributed by atoms with Gasteiger partial charge in [0.15, 0.2) is 0 Å². The Balaban J connectivity index is 1.12. The second-order valence-corrected chi connectivity index (χ2v) is 11.1. The quantitative estimate of drug-likeness (QED) is 0.662. The van der Waals surface area contributed by atoms with E-state index in [1.165, 1.54) is 0 Å². The SMILES string of the molecule is CN(C)C(=O)c1ccc2c(c1)CCC2N1C(=O)C2C[C@H]1CN2CC(N)C(=O)N1C(C#N)C[C@@H]2CC21. The fraction of sp³-hybridized carbons (Fsp3) is 0.615. The molecule has 3 aliphatic heterocycles. The van der Waals surface area contributed by atoms with Crippen LogP contribution in [0.25, 0.3) is 0 Å². The van der Waals surface area contributed by atoms with Crippen molar-refractivity contribution >= 4 is 17.7 Å². The number of carbonyl (C=O) groups is 3. The highest BCUT2D eigenvalue weighted by Gasteiger charge is 2.56. The molecule has 5 aliphatic rings. The molecule has 1 aromatic carbocycles. The second kappa shape index (κ2) is 8.04. The lowest BCUT2D eigenvalue weighted by Gasteiger charge is -2.38. The summed E-state index contributed by atoms with van der Waals surface area (Å²) < 4.78 is 0. The summed E-state index contributed by atoms with van der Waals surface area (Å²) in [6.45, 7) is 1.07. The standard InChI is InChI=1S/C26H32N6O3/c1-29(2)24(33)15-3-5-19-14(7-15)4-6-21(19)32-18-10-23(26(32)35)30(12-18)13-20(28)25(34)31-17(11-27)8-16-9-22(16)31/h3,5,7,16-18,20-23H,4,6,8-10,12-13,28H2,1-2H3/t16-,17?,18+,20?,21?,22?,23?/m1/s1. The third-order valence-corrected chi connectivity index (χ3v) is 8.75. The third-order valence-electron chi connectivity index (χ3n) is 8.75. The van der Waals surface area contributed by atoms with E-state index in [4.69, 9.17) is 5.73 Å². The number of piperidine rings is 1. The number of aryl methyl sites for hydroxylation is 1. The maximum Gasteiger partial charge on any atom is 0.253 e. The number of rotatable bonds is 5. The summed E-state index contributed by atoms with van der Waals surface area (Å²) in [6.07, 6.45) is 4.23. The largest absolute Gasteiger partial charge is 0.345 e. The van der Waals surface area contributed by atoms with Crippen LogP contribution in [-0.2, 0) is 16.0 Å². The van der Waals surface area contributed by atoms with Crippen LogP contribution in [-0.4, -0.2) is 94.7 Å². The molecule has 0 spiro atoms. The number of hydrogen-bond donors (Lipinski definition) is 1. The molecule has 4 fully saturated rings. The van der Waals surface area contributed by atoms with Crippen LogP contribution in [0.3, 0.4) is 0 Å². The van der Waals surface area contributed by atoms with Gasteiger partial charge in [-0.25, -0.2) is 0 Å². The van der Waals surface area contributed by atoms with E-state index in [2.05, 4.69) is 15.9 Å². The van der Waals surface area contributed by atoms with Crippen molar-refractivity contribution in [3.05, 3.63) is 34.9 Å².